The number of carbonyl (C=O) groups is 1. The van der Waals surface area contributed by atoms with Crippen molar-refractivity contribution in [2.45, 2.75) is 26.9 Å². The number of hydrogen-bond donors (Lipinski definition) is 1. The fraction of sp³-hybridized carbons (Fsp3) is 0.231. The van der Waals surface area contributed by atoms with Crippen molar-refractivity contribution in [1.82, 2.24) is 14.9 Å². The summed E-state index contributed by atoms with van der Waals surface area (Å²) in [5.74, 6) is 2.03. The van der Waals surface area contributed by atoms with E-state index in [-0.39, 0.29) is 12.5 Å². The van der Waals surface area contributed by atoms with Crippen LogP contribution in [0, 0.1) is 13.8 Å². The molecule has 3 aromatic carbocycles. The first kappa shape index (κ1) is 22.7. The fourth-order valence-electron chi connectivity index (χ4n) is 3.53. The van der Waals surface area contributed by atoms with Crippen LogP contribution in [0.5, 0.6) is 11.5 Å². The molecule has 0 fully saturated rings. The molecule has 0 aliphatic carbocycles. The predicted molar refractivity (Wildman–Crippen MR) is 130 cm³/mol. The molecular weight excluding hydrogens is 438 g/mol. The van der Waals surface area contributed by atoms with Gasteiger partial charge in [-0.1, -0.05) is 35.9 Å². The Bertz CT molecular complexity index is 1250. The fourth-order valence-corrected chi connectivity index (χ4v) is 3.66. The summed E-state index contributed by atoms with van der Waals surface area (Å²) >= 11 is 5.93. The number of hydrogen-bond acceptors (Lipinski definition) is 4. The number of imidazole rings is 1. The van der Waals surface area contributed by atoms with Crippen LogP contribution in [0.1, 0.15) is 17.0 Å². The van der Waals surface area contributed by atoms with Crippen LogP contribution in [-0.4, -0.2) is 28.7 Å². The third-order valence-electron chi connectivity index (χ3n) is 5.28. The molecule has 6 nitrogen and oxygen atoms in total. The van der Waals surface area contributed by atoms with Gasteiger partial charge in [0.05, 0.1) is 24.1 Å². The number of halogens is 1. The third kappa shape index (κ3) is 5.84. The largest absolute Gasteiger partial charge is 0.492 e. The summed E-state index contributed by atoms with van der Waals surface area (Å²) < 4.78 is 13.6. The Morgan fingerprint density at radius 2 is 1.82 bits per heavy atom. The highest BCUT2D eigenvalue weighted by molar-refractivity contribution is 6.30. The molecule has 33 heavy (non-hydrogen) atoms. The highest BCUT2D eigenvalue weighted by atomic mass is 35.5. The maximum atomic E-state index is 12.4. The van der Waals surface area contributed by atoms with Crippen LogP contribution < -0.4 is 14.8 Å². The van der Waals surface area contributed by atoms with Crippen molar-refractivity contribution in [3.05, 3.63) is 88.7 Å². The van der Waals surface area contributed by atoms with Crippen molar-refractivity contribution in [3.8, 4) is 11.5 Å². The molecule has 0 unspecified atom stereocenters. The zero-order valence-corrected chi connectivity index (χ0v) is 19.4. The standard InChI is InChI=1S/C26H26ClN3O3/c1-18-7-8-19(2)24(15-18)33-17-26(31)28-16-25-29-22-5-3-4-6-23(22)30(25)13-14-32-21-11-9-20(27)10-12-21/h3-12,15H,13-14,16-17H2,1-2H3,(H,28,31). The van der Waals surface area contributed by atoms with Gasteiger partial charge in [-0.2, -0.15) is 0 Å². The number of ether oxygens (including phenoxy) is 2. The Morgan fingerprint density at radius 3 is 2.64 bits per heavy atom. The van der Waals surface area contributed by atoms with E-state index in [0.717, 1.165) is 39.5 Å². The van der Waals surface area contributed by atoms with Gasteiger partial charge in [-0.25, -0.2) is 4.98 Å². The molecule has 170 valence electrons. The summed E-state index contributed by atoms with van der Waals surface area (Å²) in [4.78, 5) is 17.1. The van der Waals surface area contributed by atoms with Gasteiger partial charge in [0.1, 0.15) is 23.9 Å². The minimum absolute atomic E-state index is 0.0514. The first-order chi connectivity index (χ1) is 16.0. The van der Waals surface area contributed by atoms with Crippen LogP contribution in [0.4, 0.5) is 0 Å². The number of carbonyl (C=O) groups excluding carboxylic acids is 1. The SMILES string of the molecule is Cc1ccc(C)c(OCC(=O)NCc2nc3ccccc3n2CCOc2ccc(Cl)cc2)c1. The average molecular weight is 464 g/mol. The second-order valence-electron chi connectivity index (χ2n) is 7.81. The highest BCUT2D eigenvalue weighted by Crippen LogP contribution is 2.20. The molecule has 0 radical (unpaired) electrons. The molecule has 0 atom stereocenters. The van der Waals surface area contributed by atoms with Crippen molar-refractivity contribution in [1.29, 1.82) is 0 Å². The number of nitrogens with one attached hydrogen (secondary N) is 1. The minimum atomic E-state index is -0.202. The smallest absolute Gasteiger partial charge is 0.258 e. The molecule has 0 aliphatic heterocycles. The molecule has 0 aliphatic rings. The van der Waals surface area contributed by atoms with Crippen molar-refractivity contribution in [2.24, 2.45) is 0 Å². The molecule has 1 heterocycles. The Kier molecular flexibility index (Phi) is 7.15. The van der Waals surface area contributed by atoms with Crippen molar-refractivity contribution in [2.75, 3.05) is 13.2 Å². The number of nitrogens with zero attached hydrogens (tertiary/aromatic N) is 2. The monoisotopic (exact) mass is 463 g/mol. The number of rotatable bonds is 9. The highest BCUT2D eigenvalue weighted by Gasteiger charge is 2.12. The summed E-state index contributed by atoms with van der Waals surface area (Å²) in [7, 11) is 0. The lowest BCUT2D eigenvalue weighted by Crippen LogP contribution is -2.30. The lowest BCUT2D eigenvalue weighted by atomic mass is 10.1. The van der Waals surface area contributed by atoms with E-state index in [1.165, 1.54) is 0 Å². The van der Waals surface area contributed by atoms with Gasteiger partial charge in [0.15, 0.2) is 6.61 Å². The molecule has 1 aromatic heterocycles. The lowest BCUT2D eigenvalue weighted by molar-refractivity contribution is -0.123. The molecule has 0 spiro atoms. The first-order valence-electron chi connectivity index (χ1n) is 10.8. The normalized spacial score (nSPS) is 10.9. The van der Waals surface area contributed by atoms with Crippen LogP contribution in [-0.2, 0) is 17.9 Å². The van der Waals surface area contributed by atoms with Crippen LogP contribution in [0.15, 0.2) is 66.7 Å². The number of para-hydroxylation sites is 2. The first-order valence-corrected chi connectivity index (χ1v) is 11.2. The summed E-state index contributed by atoms with van der Waals surface area (Å²) in [5.41, 5.74) is 3.95. The second-order valence-corrected chi connectivity index (χ2v) is 8.24. The van der Waals surface area contributed by atoms with E-state index in [1.54, 1.807) is 12.1 Å². The zero-order valence-electron chi connectivity index (χ0n) is 18.7. The number of aryl methyl sites for hydroxylation is 2. The van der Waals surface area contributed by atoms with E-state index >= 15 is 0 Å². The summed E-state index contributed by atoms with van der Waals surface area (Å²) in [6.07, 6.45) is 0. The number of amides is 1. The van der Waals surface area contributed by atoms with E-state index in [2.05, 4.69) is 9.88 Å². The van der Waals surface area contributed by atoms with Crippen molar-refractivity contribution >= 4 is 28.5 Å². The number of benzene rings is 3. The van der Waals surface area contributed by atoms with Gasteiger partial charge in [-0.3, -0.25) is 4.79 Å². The molecule has 1 amide bonds. The molecule has 0 saturated carbocycles. The topological polar surface area (TPSA) is 65.4 Å². The summed E-state index contributed by atoms with van der Waals surface area (Å²) in [6, 6.07) is 21.1. The third-order valence-corrected chi connectivity index (χ3v) is 5.53. The quantitative estimate of drug-likeness (QED) is 0.376. The van der Waals surface area contributed by atoms with Gasteiger partial charge in [0.25, 0.3) is 5.91 Å². The van der Waals surface area contributed by atoms with Gasteiger partial charge < -0.3 is 19.4 Å². The van der Waals surface area contributed by atoms with E-state index < -0.39 is 0 Å². The van der Waals surface area contributed by atoms with Crippen molar-refractivity contribution < 1.29 is 14.3 Å². The molecule has 0 bridgehead atoms. The Balaban J connectivity index is 1.38. The number of fused-ring (bicyclic) bond motifs is 1. The van der Waals surface area contributed by atoms with Gasteiger partial charge in [-0.05, 0) is 67.4 Å². The van der Waals surface area contributed by atoms with Gasteiger partial charge >= 0.3 is 0 Å². The van der Waals surface area contributed by atoms with Crippen LogP contribution >= 0.6 is 11.6 Å². The van der Waals surface area contributed by atoms with Crippen molar-refractivity contribution in [3.63, 3.8) is 0 Å². The Labute approximate surface area is 198 Å². The molecule has 1 N–H and O–H groups in total. The minimum Gasteiger partial charge on any atom is -0.492 e. The van der Waals surface area contributed by atoms with E-state index in [1.807, 2.05) is 68.4 Å². The Morgan fingerprint density at radius 1 is 1.03 bits per heavy atom. The van der Waals surface area contributed by atoms with Gasteiger partial charge in [0.2, 0.25) is 0 Å². The van der Waals surface area contributed by atoms with Gasteiger partial charge in [-0.15, -0.1) is 0 Å². The second kappa shape index (κ2) is 10.4. The Hall–Kier alpha value is -3.51. The predicted octanol–water partition coefficient (Wildman–Crippen LogP) is 5.08. The summed E-state index contributed by atoms with van der Waals surface area (Å²) in [5, 5.41) is 3.59. The molecule has 4 rings (SSSR count). The van der Waals surface area contributed by atoms with Gasteiger partial charge in [0, 0.05) is 5.02 Å². The van der Waals surface area contributed by atoms with E-state index in [9.17, 15) is 4.79 Å². The van der Waals surface area contributed by atoms with Crippen LogP contribution in [0.2, 0.25) is 5.02 Å². The summed E-state index contributed by atoms with van der Waals surface area (Å²) in [6.45, 7) is 5.25. The lowest BCUT2D eigenvalue weighted by Gasteiger charge is -2.12. The maximum absolute atomic E-state index is 12.4. The van der Waals surface area contributed by atoms with Crippen LogP contribution in [0.3, 0.4) is 0 Å². The molecule has 7 heteroatoms. The van der Waals surface area contributed by atoms with Crippen LogP contribution in [0.25, 0.3) is 11.0 Å². The van der Waals surface area contributed by atoms with E-state index in [4.69, 9.17) is 26.1 Å². The molecule has 0 saturated heterocycles. The maximum Gasteiger partial charge on any atom is 0.258 e. The molecule has 4 aromatic rings. The molecular formula is C26H26ClN3O3. The van der Waals surface area contributed by atoms with E-state index in [0.29, 0.717) is 24.7 Å². The zero-order chi connectivity index (χ0) is 23.2. The average Bonchev–Trinajstić information content (AvgIpc) is 3.17. The number of aromatic nitrogens is 2.